The zero-order valence-corrected chi connectivity index (χ0v) is 10.7. The van der Waals surface area contributed by atoms with Crippen molar-refractivity contribution in [2.24, 2.45) is 0 Å². The highest BCUT2D eigenvalue weighted by molar-refractivity contribution is 8.02. The molecule has 1 atom stereocenters. The van der Waals surface area contributed by atoms with Crippen molar-refractivity contribution in [3.05, 3.63) is 17.5 Å². The predicted octanol–water partition coefficient (Wildman–Crippen LogP) is 3.57. The second-order valence-electron chi connectivity index (χ2n) is 3.08. The van der Waals surface area contributed by atoms with Gasteiger partial charge in [-0.25, -0.2) is 0 Å². The summed E-state index contributed by atoms with van der Waals surface area (Å²) in [6.07, 6.45) is 1.88. The van der Waals surface area contributed by atoms with Gasteiger partial charge in [-0.1, -0.05) is 19.4 Å². The van der Waals surface area contributed by atoms with E-state index in [1.807, 2.05) is 24.4 Å². The summed E-state index contributed by atoms with van der Waals surface area (Å²) >= 11 is 3.28. The lowest BCUT2D eigenvalue weighted by atomic mass is 10.2. The Bertz CT molecular complexity index is 283. The first-order chi connectivity index (χ1) is 7.27. The van der Waals surface area contributed by atoms with Gasteiger partial charge in [0.05, 0.1) is 10.8 Å². The van der Waals surface area contributed by atoms with Gasteiger partial charge >= 0.3 is 5.97 Å². The van der Waals surface area contributed by atoms with Gasteiger partial charge in [0.2, 0.25) is 0 Å². The lowest BCUT2D eigenvalue weighted by molar-refractivity contribution is -0.142. The zero-order chi connectivity index (χ0) is 11.1. The van der Waals surface area contributed by atoms with E-state index in [1.54, 1.807) is 23.1 Å². The molecule has 84 valence electrons. The molecule has 4 heteroatoms. The Hall–Kier alpha value is -0.480. The van der Waals surface area contributed by atoms with Crippen molar-refractivity contribution < 1.29 is 9.53 Å². The van der Waals surface area contributed by atoms with Crippen molar-refractivity contribution in [3.8, 4) is 0 Å². The van der Waals surface area contributed by atoms with Crippen LogP contribution in [-0.4, -0.2) is 17.8 Å². The minimum Gasteiger partial charge on any atom is -0.465 e. The Morgan fingerprint density at radius 1 is 1.60 bits per heavy atom. The van der Waals surface area contributed by atoms with Gasteiger partial charge in [-0.05, 0) is 24.8 Å². The van der Waals surface area contributed by atoms with Gasteiger partial charge in [0, 0.05) is 0 Å². The molecule has 1 aromatic rings. The second kappa shape index (κ2) is 6.90. The molecule has 1 heterocycles. The fraction of sp³-hybridized carbons (Fsp3) is 0.545. The number of ether oxygens (including phenoxy) is 1. The van der Waals surface area contributed by atoms with E-state index in [0.717, 1.165) is 12.8 Å². The van der Waals surface area contributed by atoms with E-state index in [-0.39, 0.29) is 11.2 Å². The van der Waals surface area contributed by atoms with Crippen LogP contribution in [0.1, 0.15) is 26.7 Å². The Kier molecular flexibility index (Phi) is 5.79. The molecule has 0 aromatic carbocycles. The van der Waals surface area contributed by atoms with Crippen LogP contribution < -0.4 is 0 Å². The Morgan fingerprint density at radius 2 is 2.40 bits per heavy atom. The van der Waals surface area contributed by atoms with E-state index in [9.17, 15) is 4.79 Å². The van der Waals surface area contributed by atoms with Crippen LogP contribution in [0.3, 0.4) is 0 Å². The summed E-state index contributed by atoms with van der Waals surface area (Å²) in [5.74, 6) is -0.0854. The molecule has 0 aliphatic rings. The quantitative estimate of drug-likeness (QED) is 0.565. The molecule has 0 aliphatic carbocycles. The summed E-state index contributed by atoms with van der Waals surface area (Å²) in [5, 5.41) is 1.98. The van der Waals surface area contributed by atoms with Gasteiger partial charge in [0.15, 0.2) is 0 Å². The topological polar surface area (TPSA) is 26.3 Å². The van der Waals surface area contributed by atoms with Crippen molar-refractivity contribution in [1.82, 2.24) is 0 Å². The molecule has 0 radical (unpaired) electrons. The molecule has 0 saturated carbocycles. The number of hydrogen-bond acceptors (Lipinski definition) is 4. The van der Waals surface area contributed by atoms with Crippen molar-refractivity contribution in [2.45, 2.75) is 36.1 Å². The SMILES string of the molecule is CCCC(Sc1cccs1)C(=O)OCC. The Labute approximate surface area is 99.0 Å². The summed E-state index contributed by atoms with van der Waals surface area (Å²) in [6.45, 7) is 4.39. The molecular formula is C11H16O2S2. The predicted molar refractivity (Wildman–Crippen MR) is 65.5 cm³/mol. The second-order valence-corrected chi connectivity index (χ2v) is 5.53. The molecule has 0 saturated heterocycles. The van der Waals surface area contributed by atoms with Crippen LogP contribution in [0.25, 0.3) is 0 Å². The molecule has 15 heavy (non-hydrogen) atoms. The molecule has 0 N–H and O–H groups in total. The number of thioether (sulfide) groups is 1. The largest absolute Gasteiger partial charge is 0.465 e. The number of hydrogen-bond donors (Lipinski definition) is 0. The molecule has 2 nitrogen and oxygen atoms in total. The van der Waals surface area contributed by atoms with Gasteiger partial charge in [-0.2, -0.15) is 0 Å². The first kappa shape index (κ1) is 12.6. The third kappa shape index (κ3) is 4.26. The minimum atomic E-state index is -0.0854. The van der Waals surface area contributed by atoms with Crippen LogP contribution in [0, 0.1) is 0 Å². The van der Waals surface area contributed by atoms with E-state index >= 15 is 0 Å². The van der Waals surface area contributed by atoms with Crippen molar-refractivity contribution in [2.75, 3.05) is 6.61 Å². The van der Waals surface area contributed by atoms with Crippen LogP contribution in [0.2, 0.25) is 0 Å². The minimum absolute atomic E-state index is 0.0476. The fourth-order valence-electron chi connectivity index (χ4n) is 1.19. The summed E-state index contributed by atoms with van der Waals surface area (Å²) in [4.78, 5) is 11.6. The van der Waals surface area contributed by atoms with Gasteiger partial charge in [-0.15, -0.1) is 23.1 Å². The molecule has 0 bridgehead atoms. The summed E-state index contributed by atoms with van der Waals surface area (Å²) in [7, 11) is 0. The van der Waals surface area contributed by atoms with E-state index in [2.05, 4.69) is 6.92 Å². The lowest BCUT2D eigenvalue weighted by Crippen LogP contribution is -2.19. The smallest absolute Gasteiger partial charge is 0.319 e. The van der Waals surface area contributed by atoms with Crippen molar-refractivity contribution in [1.29, 1.82) is 0 Å². The molecule has 0 aliphatic heterocycles. The molecule has 1 unspecified atom stereocenters. The average molecular weight is 244 g/mol. The zero-order valence-electron chi connectivity index (χ0n) is 9.06. The van der Waals surface area contributed by atoms with E-state index in [0.29, 0.717) is 6.61 Å². The van der Waals surface area contributed by atoms with Crippen LogP contribution in [0.4, 0.5) is 0 Å². The number of carbonyl (C=O) groups excluding carboxylic acids is 1. The van der Waals surface area contributed by atoms with Gasteiger partial charge in [0.1, 0.15) is 5.25 Å². The van der Waals surface area contributed by atoms with Gasteiger partial charge < -0.3 is 4.74 Å². The number of rotatable bonds is 6. The lowest BCUT2D eigenvalue weighted by Gasteiger charge is -2.12. The number of carbonyl (C=O) groups is 1. The highest BCUT2D eigenvalue weighted by Crippen LogP contribution is 2.30. The molecule has 1 aromatic heterocycles. The van der Waals surface area contributed by atoms with E-state index < -0.39 is 0 Å². The molecule has 0 amide bonds. The Morgan fingerprint density at radius 3 is 2.93 bits per heavy atom. The van der Waals surface area contributed by atoms with E-state index in [1.165, 1.54) is 4.21 Å². The number of thiophene rings is 1. The van der Waals surface area contributed by atoms with E-state index in [4.69, 9.17) is 4.74 Å². The third-order valence-corrected chi connectivity index (χ3v) is 4.17. The maximum absolute atomic E-state index is 11.6. The molecule has 0 spiro atoms. The highest BCUT2D eigenvalue weighted by atomic mass is 32.2. The van der Waals surface area contributed by atoms with Crippen molar-refractivity contribution >= 4 is 29.1 Å². The summed E-state index contributed by atoms with van der Waals surface area (Å²) < 4.78 is 6.23. The summed E-state index contributed by atoms with van der Waals surface area (Å²) in [5.41, 5.74) is 0. The third-order valence-electron chi connectivity index (χ3n) is 1.85. The standard InChI is InChI=1S/C11H16O2S2/c1-3-6-9(11(12)13-4-2)15-10-7-5-8-14-10/h5,7-9H,3-4,6H2,1-2H3. The van der Waals surface area contributed by atoms with Crippen LogP contribution in [0.15, 0.2) is 21.7 Å². The van der Waals surface area contributed by atoms with Crippen LogP contribution in [0.5, 0.6) is 0 Å². The average Bonchev–Trinajstić information content (AvgIpc) is 2.70. The fourth-order valence-corrected chi connectivity index (χ4v) is 3.33. The maximum atomic E-state index is 11.6. The first-order valence-corrected chi connectivity index (χ1v) is 6.90. The van der Waals surface area contributed by atoms with Gasteiger partial charge in [0.25, 0.3) is 0 Å². The van der Waals surface area contributed by atoms with Gasteiger partial charge in [-0.3, -0.25) is 4.79 Å². The van der Waals surface area contributed by atoms with Crippen LogP contribution >= 0.6 is 23.1 Å². The normalized spacial score (nSPS) is 12.4. The number of esters is 1. The first-order valence-electron chi connectivity index (χ1n) is 5.14. The monoisotopic (exact) mass is 244 g/mol. The Balaban J connectivity index is 2.53. The highest BCUT2D eigenvalue weighted by Gasteiger charge is 2.20. The van der Waals surface area contributed by atoms with Crippen LogP contribution in [-0.2, 0) is 9.53 Å². The molecule has 0 fully saturated rings. The molecular weight excluding hydrogens is 228 g/mol. The maximum Gasteiger partial charge on any atom is 0.319 e. The van der Waals surface area contributed by atoms with Crippen molar-refractivity contribution in [3.63, 3.8) is 0 Å². The summed E-state index contributed by atoms with van der Waals surface area (Å²) in [6, 6.07) is 4.04. The molecule has 1 rings (SSSR count).